The van der Waals surface area contributed by atoms with E-state index in [1.165, 1.54) is 44.3 Å². The van der Waals surface area contributed by atoms with Gasteiger partial charge in [0.1, 0.15) is 0 Å². The van der Waals surface area contributed by atoms with Crippen molar-refractivity contribution in [2.24, 2.45) is 9.98 Å². The molecule has 0 N–H and O–H groups in total. The van der Waals surface area contributed by atoms with Crippen molar-refractivity contribution in [1.29, 1.82) is 0 Å². The number of para-hydroxylation sites is 4. The van der Waals surface area contributed by atoms with Crippen LogP contribution in [0.25, 0.3) is 11.4 Å². The topological polar surface area (TPSA) is 113 Å². The second kappa shape index (κ2) is 15.9. The van der Waals surface area contributed by atoms with Crippen LogP contribution in [0.5, 0.6) is 0 Å². The van der Waals surface area contributed by atoms with Gasteiger partial charge in [0.05, 0.1) is 36.0 Å². The predicted octanol–water partition coefficient (Wildman–Crippen LogP) is 7.80. The summed E-state index contributed by atoms with van der Waals surface area (Å²) in [4.78, 5) is 38.0. The van der Waals surface area contributed by atoms with Crippen molar-refractivity contribution in [1.82, 2.24) is 19.6 Å². The molecular weight excluding hydrogens is 685 g/mol. The van der Waals surface area contributed by atoms with Crippen molar-refractivity contribution in [3.8, 4) is 11.4 Å². The van der Waals surface area contributed by atoms with Crippen molar-refractivity contribution in [3.05, 3.63) is 129 Å². The van der Waals surface area contributed by atoms with Crippen LogP contribution in [-0.4, -0.2) is 44.7 Å². The van der Waals surface area contributed by atoms with Crippen LogP contribution in [0.15, 0.2) is 129 Å². The third kappa shape index (κ3) is 7.85. The van der Waals surface area contributed by atoms with E-state index in [2.05, 4.69) is 10.2 Å². The highest BCUT2D eigenvalue weighted by Gasteiger charge is 2.18. The average Bonchev–Trinajstić information content (AvgIpc) is 3.74. The quantitative estimate of drug-likeness (QED) is 0.0988. The molecule has 0 saturated heterocycles. The summed E-state index contributed by atoms with van der Waals surface area (Å²) in [5.41, 5.74) is 2.99. The molecule has 6 rings (SSSR count). The molecule has 0 radical (unpaired) electrons. The zero-order valence-electron chi connectivity index (χ0n) is 25.8. The fourth-order valence-electron chi connectivity index (χ4n) is 4.27. The molecule has 4 aromatic carbocycles. The molecule has 0 aliphatic rings. The number of carbonyl (C=O) groups excluding carboxylic acids is 2. The molecule has 0 aliphatic heterocycles. The SMILES string of the molecule is CCOC(=O)c1nn(-c2ccccc2)c(=Nc2ccccc2SSc2ccccc2N=c2sc(C(=O)OCC)nn2-c2ccccc2)s1. The first-order valence-electron chi connectivity index (χ1n) is 14.8. The van der Waals surface area contributed by atoms with Crippen molar-refractivity contribution in [2.75, 3.05) is 13.2 Å². The molecule has 6 aromatic rings. The normalized spacial score (nSPS) is 11.9. The molecule has 0 unspecified atom stereocenters. The van der Waals surface area contributed by atoms with Crippen molar-refractivity contribution in [3.63, 3.8) is 0 Å². The summed E-state index contributed by atoms with van der Waals surface area (Å²) in [6.07, 6.45) is 0. The number of ether oxygens (including phenoxy) is 2. The first-order valence-corrected chi connectivity index (χ1v) is 18.6. The molecule has 0 bridgehead atoms. The minimum absolute atomic E-state index is 0.219. The molecule has 0 atom stereocenters. The molecule has 242 valence electrons. The summed E-state index contributed by atoms with van der Waals surface area (Å²) in [7, 11) is 3.07. The van der Waals surface area contributed by atoms with Crippen molar-refractivity contribution in [2.45, 2.75) is 23.6 Å². The third-order valence-electron chi connectivity index (χ3n) is 6.41. The van der Waals surface area contributed by atoms with E-state index in [0.29, 0.717) is 9.60 Å². The van der Waals surface area contributed by atoms with Crippen molar-refractivity contribution < 1.29 is 19.1 Å². The highest BCUT2D eigenvalue weighted by atomic mass is 33.1. The predicted molar refractivity (Wildman–Crippen MR) is 190 cm³/mol. The number of carbonyl (C=O) groups is 2. The summed E-state index contributed by atoms with van der Waals surface area (Å²) in [6, 6.07) is 34.7. The average molecular weight is 713 g/mol. The summed E-state index contributed by atoms with van der Waals surface area (Å²) >= 11 is 2.34. The second-order valence-electron chi connectivity index (χ2n) is 9.64. The second-order valence-corrected chi connectivity index (χ2v) is 13.8. The fraction of sp³-hybridized carbons (Fsp3) is 0.118. The Kier molecular flexibility index (Phi) is 11.0. The molecule has 2 heterocycles. The van der Waals surface area contributed by atoms with Gasteiger partial charge in [-0.25, -0.2) is 28.9 Å². The minimum atomic E-state index is -0.490. The van der Waals surface area contributed by atoms with Gasteiger partial charge in [-0.15, -0.1) is 10.2 Å². The first kappa shape index (κ1) is 33.2. The van der Waals surface area contributed by atoms with Gasteiger partial charge in [0, 0.05) is 9.79 Å². The van der Waals surface area contributed by atoms with Crippen LogP contribution in [0, 0.1) is 0 Å². The van der Waals surface area contributed by atoms with E-state index < -0.39 is 11.9 Å². The lowest BCUT2D eigenvalue weighted by molar-refractivity contribution is 0.0515. The molecule has 2 aromatic heterocycles. The minimum Gasteiger partial charge on any atom is -0.461 e. The number of benzene rings is 4. The van der Waals surface area contributed by atoms with E-state index in [4.69, 9.17) is 19.5 Å². The Hall–Kier alpha value is -4.76. The highest BCUT2D eigenvalue weighted by molar-refractivity contribution is 8.76. The van der Waals surface area contributed by atoms with Crippen molar-refractivity contribution >= 4 is 67.6 Å². The summed E-state index contributed by atoms with van der Waals surface area (Å²) in [5, 5.41) is 9.50. The molecule has 0 spiro atoms. The van der Waals surface area contributed by atoms with Crippen LogP contribution >= 0.6 is 44.3 Å². The summed E-state index contributed by atoms with van der Waals surface area (Å²) < 4.78 is 13.7. The molecule has 0 fully saturated rings. The molecular formula is C34H28N6O4S4. The molecule has 0 amide bonds. The fourth-order valence-corrected chi connectivity index (χ4v) is 8.13. The van der Waals surface area contributed by atoms with Gasteiger partial charge in [-0.3, -0.25) is 0 Å². The number of nitrogens with zero attached hydrogens (tertiary/aromatic N) is 6. The maximum atomic E-state index is 12.6. The Morgan fingerprint density at radius 3 is 1.38 bits per heavy atom. The number of aromatic nitrogens is 4. The van der Waals surface area contributed by atoms with E-state index in [1.807, 2.05) is 109 Å². The lowest BCUT2D eigenvalue weighted by Crippen LogP contribution is -2.14. The Labute approximate surface area is 291 Å². The van der Waals surface area contributed by atoms with Crippen LogP contribution in [0.1, 0.15) is 33.5 Å². The summed E-state index contributed by atoms with van der Waals surface area (Å²) in [6.45, 7) is 4.03. The Morgan fingerprint density at radius 2 is 0.979 bits per heavy atom. The van der Waals surface area contributed by atoms with E-state index in [1.54, 1.807) is 23.2 Å². The molecule has 48 heavy (non-hydrogen) atoms. The van der Waals surface area contributed by atoms with E-state index >= 15 is 0 Å². The zero-order valence-corrected chi connectivity index (χ0v) is 29.0. The van der Waals surface area contributed by atoms with Gasteiger partial charge >= 0.3 is 11.9 Å². The lowest BCUT2D eigenvalue weighted by Gasteiger charge is -2.07. The summed E-state index contributed by atoms with van der Waals surface area (Å²) in [5.74, 6) is -0.979. The van der Waals surface area contributed by atoms with Crippen LogP contribution in [-0.2, 0) is 9.47 Å². The number of esters is 2. The van der Waals surface area contributed by atoms with E-state index in [-0.39, 0.29) is 23.2 Å². The first-order chi connectivity index (χ1) is 23.5. The van der Waals surface area contributed by atoms with Crippen LogP contribution in [0.4, 0.5) is 11.4 Å². The third-order valence-corrected chi connectivity index (χ3v) is 10.6. The van der Waals surface area contributed by atoms with Gasteiger partial charge in [0.15, 0.2) is 0 Å². The number of hydrogen-bond acceptors (Lipinski definition) is 12. The monoisotopic (exact) mass is 712 g/mol. The van der Waals surface area contributed by atoms with Gasteiger partial charge in [0.25, 0.3) is 0 Å². The molecule has 14 heteroatoms. The molecule has 0 aliphatic carbocycles. The highest BCUT2D eigenvalue weighted by Crippen LogP contribution is 2.44. The Balaban J connectivity index is 1.35. The van der Waals surface area contributed by atoms with E-state index in [9.17, 15) is 9.59 Å². The standard InChI is InChI=1S/C34H28N6O4S4/c1-3-43-31(41)29-37-39(23-15-7-5-8-16-23)33(45-29)35-25-19-11-13-21-27(25)47-48-28-22-14-12-20-26(28)36-34-40(24-17-9-6-10-18-24)38-30(46-34)32(42)44-4-2/h5-22H,3-4H2,1-2H3. The zero-order chi connectivity index (χ0) is 33.3. The maximum Gasteiger partial charge on any atom is 0.369 e. The van der Waals surface area contributed by atoms with Crippen LogP contribution in [0.3, 0.4) is 0 Å². The Morgan fingerprint density at radius 1 is 0.604 bits per heavy atom. The van der Waals surface area contributed by atoms with Crippen LogP contribution in [0.2, 0.25) is 0 Å². The van der Waals surface area contributed by atoms with Crippen LogP contribution < -0.4 is 9.60 Å². The molecule has 10 nitrogen and oxygen atoms in total. The number of hydrogen-bond donors (Lipinski definition) is 0. The number of rotatable bonds is 11. The maximum absolute atomic E-state index is 12.6. The van der Waals surface area contributed by atoms with Gasteiger partial charge < -0.3 is 9.47 Å². The van der Waals surface area contributed by atoms with Gasteiger partial charge in [0.2, 0.25) is 19.6 Å². The van der Waals surface area contributed by atoms with Gasteiger partial charge in [-0.1, -0.05) is 105 Å². The van der Waals surface area contributed by atoms with Gasteiger partial charge in [-0.05, 0) is 62.4 Å². The van der Waals surface area contributed by atoms with E-state index in [0.717, 1.165) is 32.5 Å². The molecule has 0 saturated carbocycles. The van der Waals surface area contributed by atoms with Gasteiger partial charge in [-0.2, -0.15) is 0 Å². The lowest BCUT2D eigenvalue weighted by atomic mass is 10.3. The smallest absolute Gasteiger partial charge is 0.369 e. The Bertz CT molecular complexity index is 2020. The largest absolute Gasteiger partial charge is 0.461 e.